The Morgan fingerprint density at radius 1 is 1.22 bits per heavy atom. The summed E-state index contributed by atoms with van der Waals surface area (Å²) < 4.78 is 23.7. The first-order valence-electron chi connectivity index (χ1n) is 10.7. The number of hydrogen-bond donors (Lipinski definition) is 0. The van der Waals surface area contributed by atoms with E-state index in [0.717, 1.165) is 36.3 Å². The maximum absolute atomic E-state index is 13.1. The van der Waals surface area contributed by atoms with Crippen LogP contribution in [0.15, 0.2) is 53.1 Å². The van der Waals surface area contributed by atoms with Gasteiger partial charge in [0.2, 0.25) is 17.6 Å². The van der Waals surface area contributed by atoms with Crippen LogP contribution in [0.5, 0.6) is 5.75 Å². The van der Waals surface area contributed by atoms with Gasteiger partial charge in [0.05, 0.1) is 19.6 Å². The molecular weight excluding hydrogens is 411 g/mol. The normalized spacial score (nSPS) is 16.7. The molecule has 32 heavy (non-hydrogen) atoms. The molecule has 4 rings (SSSR count). The van der Waals surface area contributed by atoms with Crippen molar-refractivity contribution in [1.82, 2.24) is 19.9 Å². The predicted octanol–water partition coefficient (Wildman–Crippen LogP) is 3.75. The number of hydrogen-bond acceptors (Lipinski definition) is 6. The molecule has 168 valence electrons. The van der Waals surface area contributed by atoms with Gasteiger partial charge >= 0.3 is 0 Å². The average molecular weight is 439 g/mol. The predicted molar refractivity (Wildman–Crippen MR) is 117 cm³/mol. The Morgan fingerprint density at radius 3 is 2.69 bits per heavy atom. The van der Waals surface area contributed by atoms with Crippen LogP contribution in [0.2, 0.25) is 0 Å². The summed E-state index contributed by atoms with van der Waals surface area (Å²) in [5, 5.41) is 4.03. The first-order chi connectivity index (χ1) is 15.5. The monoisotopic (exact) mass is 438 g/mol. The number of likely N-dealkylation sites (tertiary alicyclic amines) is 1. The molecule has 1 saturated heterocycles. The van der Waals surface area contributed by atoms with E-state index in [9.17, 15) is 9.18 Å². The van der Waals surface area contributed by atoms with Crippen molar-refractivity contribution < 1.29 is 18.4 Å². The Kier molecular flexibility index (Phi) is 6.80. The highest BCUT2D eigenvalue weighted by molar-refractivity contribution is 5.78. The molecule has 2 aromatic carbocycles. The number of rotatable bonds is 7. The third kappa shape index (κ3) is 5.31. The molecular formula is C24H27FN4O3. The van der Waals surface area contributed by atoms with Crippen molar-refractivity contribution in [2.45, 2.75) is 25.9 Å². The fourth-order valence-electron chi connectivity index (χ4n) is 4.02. The van der Waals surface area contributed by atoms with E-state index in [-0.39, 0.29) is 24.2 Å². The van der Waals surface area contributed by atoms with Crippen molar-refractivity contribution in [3.63, 3.8) is 0 Å². The van der Waals surface area contributed by atoms with Gasteiger partial charge in [0.25, 0.3) is 0 Å². The van der Waals surface area contributed by atoms with E-state index in [1.54, 1.807) is 31.2 Å². The minimum atomic E-state index is -0.238. The molecule has 0 saturated carbocycles. The highest BCUT2D eigenvalue weighted by Crippen LogP contribution is 2.23. The number of piperidine rings is 1. The van der Waals surface area contributed by atoms with Gasteiger partial charge in [-0.25, -0.2) is 4.39 Å². The van der Waals surface area contributed by atoms with Gasteiger partial charge in [-0.15, -0.1) is 0 Å². The molecule has 0 aliphatic carbocycles. The number of methoxy groups -OCH3 is 1. The Morgan fingerprint density at radius 2 is 1.97 bits per heavy atom. The summed E-state index contributed by atoms with van der Waals surface area (Å²) in [7, 11) is 3.38. The number of aromatic nitrogens is 2. The van der Waals surface area contributed by atoms with Crippen LogP contribution in [0, 0.1) is 11.7 Å². The number of amides is 1. The first kappa shape index (κ1) is 22.0. The van der Waals surface area contributed by atoms with Crippen LogP contribution in [0.1, 0.15) is 24.3 Å². The average Bonchev–Trinajstić information content (AvgIpc) is 3.28. The second kappa shape index (κ2) is 9.91. The summed E-state index contributed by atoms with van der Waals surface area (Å²) in [5.74, 6) is 1.37. The van der Waals surface area contributed by atoms with Gasteiger partial charge in [0.15, 0.2) is 0 Å². The number of carbonyl (C=O) groups is 1. The lowest BCUT2D eigenvalue weighted by Crippen LogP contribution is -2.43. The van der Waals surface area contributed by atoms with Gasteiger partial charge in [0, 0.05) is 25.7 Å². The van der Waals surface area contributed by atoms with Crippen molar-refractivity contribution >= 4 is 5.91 Å². The Labute approximate surface area is 186 Å². The third-order valence-corrected chi connectivity index (χ3v) is 5.74. The fourth-order valence-corrected chi connectivity index (χ4v) is 4.02. The minimum absolute atomic E-state index is 0.0676. The molecule has 1 fully saturated rings. The largest absolute Gasteiger partial charge is 0.497 e. The lowest BCUT2D eigenvalue weighted by Gasteiger charge is -2.33. The van der Waals surface area contributed by atoms with Gasteiger partial charge in [-0.3, -0.25) is 9.69 Å². The number of benzene rings is 2. The molecule has 0 N–H and O–H groups in total. The lowest BCUT2D eigenvalue weighted by atomic mass is 9.96. The zero-order chi connectivity index (χ0) is 22.5. The number of ether oxygens (including phenoxy) is 1. The molecule has 1 amide bonds. The third-order valence-electron chi connectivity index (χ3n) is 5.74. The van der Waals surface area contributed by atoms with Crippen LogP contribution in [0.25, 0.3) is 11.4 Å². The summed E-state index contributed by atoms with van der Waals surface area (Å²) in [6, 6.07) is 13.9. The van der Waals surface area contributed by atoms with Gasteiger partial charge in [-0.1, -0.05) is 17.3 Å². The SMILES string of the molecule is COc1ccc(-c2noc(CN(C)C(=O)C3CCCN(Cc4ccc(F)cc4)C3)n2)cc1. The minimum Gasteiger partial charge on any atom is -0.497 e. The second-order valence-electron chi connectivity index (χ2n) is 8.14. The summed E-state index contributed by atoms with van der Waals surface area (Å²) in [6.07, 6.45) is 1.80. The van der Waals surface area contributed by atoms with Crippen LogP contribution in [0.3, 0.4) is 0 Å². The molecule has 2 heterocycles. The Hall–Kier alpha value is -3.26. The zero-order valence-corrected chi connectivity index (χ0v) is 18.3. The van der Waals surface area contributed by atoms with Gasteiger partial charge in [-0.05, 0) is 61.3 Å². The van der Waals surface area contributed by atoms with Crippen molar-refractivity contribution in [3.8, 4) is 17.1 Å². The summed E-state index contributed by atoms with van der Waals surface area (Å²) >= 11 is 0. The summed E-state index contributed by atoms with van der Waals surface area (Å²) in [5.41, 5.74) is 1.86. The number of halogens is 1. The summed E-state index contributed by atoms with van der Waals surface area (Å²) in [4.78, 5) is 21.4. The summed E-state index contributed by atoms with van der Waals surface area (Å²) in [6.45, 7) is 2.58. The molecule has 0 radical (unpaired) electrons. The van der Waals surface area contributed by atoms with Crippen LogP contribution in [-0.4, -0.2) is 53.1 Å². The van der Waals surface area contributed by atoms with Crippen LogP contribution in [-0.2, 0) is 17.9 Å². The molecule has 1 atom stereocenters. The van der Waals surface area contributed by atoms with E-state index in [1.807, 2.05) is 24.3 Å². The van der Waals surface area contributed by atoms with Crippen molar-refractivity contribution in [3.05, 3.63) is 65.8 Å². The quantitative estimate of drug-likeness (QED) is 0.560. The highest BCUT2D eigenvalue weighted by Gasteiger charge is 2.28. The molecule has 1 aromatic heterocycles. The molecule has 1 aliphatic rings. The standard InChI is InChI=1S/C24H27FN4O3/c1-28(16-22-26-23(27-32-22)18-7-11-21(31-2)12-8-18)24(30)19-4-3-13-29(15-19)14-17-5-9-20(25)10-6-17/h5-12,19H,3-4,13-16H2,1-2H3. The van der Waals surface area contributed by atoms with Crippen LogP contribution in [0.4, 0.5) is 4.39 Å². The molecule has 1 aliphatic heterocycles. The highest BCUT2D eigenvalue weighted by atomic mass is 19.1. The van der Waals surface area contributed by atoms with Gasteiger partial charge in [0.1, 0.15) is 11.6 Å². The van der Waals surface area contributed by atoms with Gasteiger partial charge in [-0.2, -0.15) is 4.98 Å². The van der Waals surface area contributed by atoms with E-state index >= 15 is 0 Å². The molecule has 7 nitrogen and oxygen atoms in total. The maximum atomic E-state index is 13.1. The van der Waals surface area contributed by atoms with E-state index < -0.39 is 0 Å². The molecule has 3 aromatic rings. The number of carbonyl (C=O) groups excluding carboxylic acids is 1. The molecule has 8 heteroatoms. The maximum Gasteiger partial charge on any atom is 0.246 e. The topological polar surface area (TPSA) is 71.7 Å². The van der Waals surface area contributed by atoms with E-state index in [4.69, 9.17) is 9.26 Å². The molecule has 1 unspecified atom stereocenters. The van der Waals surface area contributed by atoms with E-state index in [0.29, 0.717) is 24.8 Å². The second-order valence-corrected chi connectivity index (χ2v) is 8.14. The lowest BCUT2D eigenvalue weighted by molar-refractivity contribution is -0.137. The van der Waals surface area contributed by atoms with E-state index in [2.05, 4.69) is 15.0 Å². The zero-order valence-electron chi connectivity index (χ0n) is 18.3. The fraction of sp³-hybridized carbons (Fsp3) is 0.375. The van der Waals surface area contributed by atoms with Crippen LogP contribution < -0.4 is 4.74 Å². The molecule has 0 bridgehead atoms. The molecule has 0 spiro atoms. The first-order valence-corrected chi connectivity index (χ1v) is 10.7. The Bertz CT molecular complexity index is 1040. The van der Waals surface area contributed by atoms with Crippen molar-refractivity contribution in [1.29, 1.82) is 0 Å². The number of nitrogens with zero attached hydrogens (tertiary/aromatic N) is 4. The van der Waals surface area contributed by atoms with Crippen LogP contribution >= 0.6 is 0 Å². The van der Waals surface area contributed by atoms with Crippen molar-refractivity contribution in [2.75, 3.05) is 27.2 Å². The Balaban J connectivity index is 1.33. The van der Waals surface area contributed by atoms with Gasteiger partial charge < -0.3 is 14.2 Å². The smallest absolute Gasteiger partial charge is 0.246 e. The van der Waals surface area contributed by atoms with Crippen molar-refractivity contribution in [2.24, 2.45) is 5.92 Å². The van der Waals surface area contributed by atoms with E-state index in [1.165, 1.54) is 12.1 Å².